The van der Waals surface area contributed by atoms with E-state index in [0.717, 1.165) is 29.7 Å². The van der Waals surface area contributed by atoms with Gasteiger partial charge in [-0.15, -0.1) is 35.3 Å². The van der Waals surface area contributed by atoms with Crippen molar-refractivity contribution in [2.24, 2.45) is 4.99 Å². The molecule has 160 valence electrons. The van der Waals surface area contributed by atoms with Crippen molar-refractivity contribution in [2.45, 2.75) is 39.0 Å². The molecule has 1 unspecified atom stereocenters. The van der Waals surface area contributed by atoms with E-state index in [-0.39, 0.29) is 36.6 Å². The second-order valence-corrected chi connectivity index (χ2v) is 7.56. The number of halogens is 4. The molecule has 0 amide bonds. The number of hydrogen-bond donors (Lipinski definition) is 2. The molecule has 3 rings (SSSR count). The molecule has 1 aliphatic heterocycles. The zero-order valence-corrected chi connectivity index (χ0v) is 19.4. The molecule has 2 heterocycles. The summed E-state index contributed by atoms with van der Waals surface area (Å²) in [6, 6.07) is 8.66. The summed E-state index contributed by atoms with van der Waals surface area (Å²) in [6.45, 7) is 6.52. The first-order valence-electron chi connectivity index (χ1n) is 9.26. The molecule has 0 bridgehead atoms. The lowest BCUT2D eigenvalue weighted by Gasteiger charge is -2.28. The molecule has 1 aliphatic rings. The van der Waals surface area contributed by atoms with Gasteiger partial charge in [0.25, 0.3) is 0 Å². The number of aliphatic imine (C=N–C) groups is 1. The molecule has 0 saturated heterocycles. The normalized spacial score (nSPS) is 14.9. The van der Waals surface area contributed by atoms with Crippen LogP contribution in [0.15, 0.2) is 34.6 Å². The highest BCUT2D eigenvalue weighted by Crippen LogP contribution is 2.30. The Bertz CT molecular complexity index is 824. The summed E-state index contributed by atoms with van der Waals surface area (Å²) in [5.74, 6) is 0.575. The van der Waals surface area contributed by atoms with E-state index in [1.165, 1.54) is 11.3 Å². The van der Waals surface area contributed by atoms with E-state index in [2.05, 4.69) is 50.6 Å². The quantitative estimate of drug-likeness (QED) is 0.327. The Morgan fingerprint density at radius 1 is 1.31 bits per heavy atom. The molecular formula is C19H25F3IN5S. The van der Waals surface area contributed by atoms with Crippen LogP contribution in [0.3, 0.4) is 0 Å². The third-order valence-electron chi connectivity index (χ3n) is 4.58. The third-order valence-corrected chi connectivity index (χ3v) is 5.41. The summed E-state index contributed by atoms with van der Waals surface area (Å²) in [4.78, 5) is 10.4. The maximum absolute atomic E-state index is 12.7. The number of rotatable bonds is 6. The summed E-state index contributed by atoms with van der Waals surface area (Å²) in [6.07, 6.45) is -3.37. The summed E-state index contributed by atoms with van der Waals surface area (Å²) < 4.78 is 38.0. The van der Waals surface area contributed by atoms with Crippen LogP contribution < -0.4 is 15.5 Å². The van der Waals surface area contributed by atoms with Crippen molar-refractivity contribution in [3.05, 3.63) is 45.9 Å². The average molecular weight is 539 g/mol. The topological polar surface area (TPSA) is 52.6 Å². The van der Waals surface area contributed by atoms with E-state index >= 15 is 0 Å². The molecule has 1 aromatic heterocycles. The van der Waals surface area contributed by atoms with Crippen molar-refractivity contribution in [1.29, 1.82) is 0 Å². The van der Waals surface area contributed by atoms with Gasteiger partial charge in [-0.25, -0.2) is 9.98 Å². The molecule has 0 fully saturated rings. The number of hydrogen-bond acceptors (Lipinski definition) is 4. The highest BCUT2D eigenvalue weighted by Gasteiger charge is 2.33. The van der Waals surface area contributed by atoms with Crippen LogP contribution in [0.1, 0.15) is 30.1 Å². The monoisotopic (exact) mass is 539 g/mol. The van der Waals surface area contributed by atoms with Crippen LogP contribution >= 0.6 is 35.3 Å². The van der Waals surface area contributed by atoms with Crippen molar-refractivity contribution in [3.63, 3.8) is 0 Å². The van der Waals surface area contributed by atoms with Crippen molar-refractivity contribution < 1.29 is 13.2 Å². The van der Waals surface area contributed by atoms with Crippen LogP contribution in [-0.4, -0.2) is 36.6 Å². The van der Waals surface area contributed by atoms with Gasteiger partial charge in [-0.3, -0.25) is 0 Å². The SMILES string of the molecule is CCNC(=NCc1nc(C(F)(F)F)cs1)NCC(C)N1CCc2ccccc21.I. The fourth-order valence-electron chi connectivity index (χ4n) is 3.18. The smallest absolute Gasteiger partial charge is 0.366 e. The van der Waals surface area contributed by atoms with Gasteiger partial charge in [-0.2, -0.15) is 13.2 Å². The van der Waals surface area contributed by atoms with E-state index in [0.29, 0.717) is 24.1 Å². The summed E-state index contributed by atoms with van der Waals surface area (Å²) in [5.41, 5.74) is 1.77. The van der Waals surface area contributed by atoms with E-state index in [9.17, 15) is 13.2 Å². The third kappa shape index (κ3) is 6.21. The van der Waals surface area contributed by atoms with Gasteiger partial charge < -0.3 is 15.5 Å². The molecule has 0 aliphatic carbocycles. The Morgan fingerprint density at radius 2 is 2.07 bits per heavy atom. The van der Waals surface area contributed by atoms with Crippen molar-refractivity contribution in [3.8, 4) is 0 Å². The predicted molar refractivity (Wildman–Crippen MR) is 122 cm³/mol. The number of aromatic nitrogens is 1. The fraction of sp³-hybridized carbons (Fsp3) is 0.474. The molecule has 5 nitrogen and oxygen atoms in total. The van der Waals surface area contributed by atoms with E-state index in [4.69, 9.17) is 0 Å². The van der Waals surface area contributed by atoms with Crippen molar-refractivity contribution in [1.82, 2.24) is 15.6 Å². The standard InChI is InChI=1S/C19H24F3N5S.HI/c1-3-23-18(25-11-17-26-16(12-28-17)19(20,21)22)24-10-13(2)27-9-8-14-6-4-5-7-15(14)27;/h4-7,12-13H,3,8-11H2,1-2H3,(H2,23,24,25);1H. The number of benzene rings is 1. The largest absolute Gasteiger partial charge is 0.434 e. The Balaban J connectivity index is 0.00000300. The van der Waals surface area contributed by atoms with Crippen LogP contribution in [-0.2, 0) is 19.1 Å². The van der Waals surface area contributed by atoms with Gasteiger partial charge in [-0.1, -0.05) is 18.2 Å². The summed E-state index contributed by atoms with van der Waals surface area (Å²) in [7, 11) is 0. The molecule has 0 spiro atoms. The van der Waals surface area contributed by atoms with Gasteiger partial charge in [0.2, 0.25) is 0 Å². The molecule has 0 saturated carbocycles. The second-order valence-electron chi connectivity index (χ2n) is 6.62. The zero-order valence-electron chi connectivity index (χ0n) is 16.3. The highest BCUT2D eigenvalue weighted by molar-refractivity contribution is 14.0. The van der Waals surface area contributed by atoms with Gasteiger partial charge in [0, 0.05) is 36.7 Å². The maximum atomic E-state index is 12.7. The van der Waals surface area contributed by atoms with Gasteiger partial charge >= 0.3 is 6.18 Å². The van der Waals surface area contributed by atoms with Gasteiger partial charge in [0.05, 0.1) is 6.54 Å². The maximum Gasteiger partial charge on any atom is 0.434 e. The number of guanidine groups is 1. The van der Waals surface area contributed by atoms with Crippen LogP contribution in [0.25, 0.3) is 0 Å². The number of fused-ring (bicyclic) bond motifs is 1. The number of alkyl halides is 3. The molecule has 2 N–H and O–H groups in total. The minimum atomic E-state index is -4.41. The molecule has 1 aromatic carbocycles. The number of anilines is 1. The predicted octanol–water partition coefficient (Wildman–Crippen LogP) is 4.29. The molecular weight excluding hydrogens is 514 g/mol. The number of nitrogens with zero attached hydrogens (tertiary/aromatic N) is 3. The van der Waals surface area contributed by atoms with E-state index in [1.54, 1.807) is 0 Å². The van der Waals surface area contributed by atoms with Crippen LogP contribution in [0.5, 0.6) is 0 Å². The Kier molecular flexibility index (Phi) is 8.56. The lowest BCUT2D eigenvalue weighted by atomic mass is 10.2. The zero-order chi connectivity index (χ0) is 20.1. The highest BCUT2D eigenvalue weighted by atomic mass is 127. The van der Waals surface area contributed by atoms with E-state index in [1.807, 2.05) is 13.0 Å². The first kappa shape index (κ1) is 23.7. The summed E-state index contributed by atoms with van der Waals surface area (Å²) >= 11 is 0.972. The number of nitrogens with one attached hydrogen (secondary N) is 2. The molecule has 29 heavy (non-hydrogen) atoms. The second kappa shape index (κ2) is 10.5. The van der Waals surface area contributed by atoms with Gasteiger partial charge in [0.15, 0.2) is 11.7 Å². The van der Waals surface area contributed by atoms with Gasteiger partial charge in [0.1, 0.15) is 5.01 Å². The summed E-state index contributed by atoms with van der Waals surface area (Å²) in [5, 5.41) is 7.78. The number of para-hydroxylation sites is 1. The van der Waals surface area contributed by atoms with Crippen LogP contribution in [0.2, 0.25) is 0 Å². The minimum absolute atomic E-state index is 0. The molecule has 10 heteroatoms. The minimum Gasteiger partial charge on any atom is -0.366 e. The van der Waals surface area contributed by atoms with Crippen LogP contribution in [0, 0.1) is 0 Å². The lowest BCUT2D eigenvalue weighted by Crippen LogP contribution is -2.45. The molecule has 0 radical (unpaired) electrons. The lowest BCUT2D eigenvalue weighted by molar-refractivity contribution is -0.140. The Hall–Kier alpha value is -1.56. The van der Waals surface area contributed by atoms with Gasteiger partial charge in [-0.05, 0) is 31.9 Å². The Morgan fingerprint density at radius 3 is 2.76 bits per heavy atom. The van der Waals surface area contributed by atoms with Crippen LogP contribution in [0.4, 0.5) is 18.9 Å². The molecule has 2 aromatic rings. The first-order chi connectivity index (χ1) is 13.4. The fourth-order valence-corrected chi connectivity index (χ4v) is 3.90. The average Bonchev–Trinajstić information content (AvgIpc) is 3.30. The molecule has 1 atom stereocenters. The first-order valence-corrected chi connectivity index (χ1v) is 10.1. The van der Waals surface area contributed by atoms with Crippen molar-refractivity contribution in [2.75, 3.05) is 24.5 Å². The van der Waals surface area contributed by atoms with Crippen molar-refractivity contribution >= 4 is 47.0 Å². The Labute approximate surface area is 189 Å². The number of thiazole rings is 1. The van der Waals surface area contributed by atoms with E-state index < -0.39 is 11.9 Å².